The lowest BCUT2D eigenvalue weighted by Gasteiger charge is -2.15. The van der Waals surface area contributed by atoms with E-state index in [1.807, 2.05) is 0 Å². The number of aryl methyl sites for hydroxylation is 1. The molecule has 20 heavy (non-hydrogen) atoms. The molecule has 2 aromatic rings. The normalized spacial score (nSPS) is 17.6. The minimum atomic E-state index is -0.297. The van der Waals surface area contributed by atoms with Crippen molar-refractivity contribution in [1.82, 2.24) is 4.98 Å². The third-order valence-corrected chi connectivity index (χ3v) is 4.48. The number of amides is 1. The first-order valence-corrected chi connectivity index (χ1v) is 7.42. The summed E-state index contributed by atoms with van der Waals surface area (Å²) in [4.78, 5) is 17.8. The molecule has 1 aliphatic carbocycles. The molecule has 0 aromatic carbocycles. The second-order valence-corrected chi connectivity index (χ2v) is 6.23. The van der Waals surface area contributed by atoms with Gasteiger partial charge in [0.05, 0.1) is 5.69 Å². The van der Waals surface area contributed by atoms with E-state index >= 15 is 0 Å². The predicted molar refractivity (Wildman–Crippen MR) is 76.7 cm³/mol. The second kappa shape index (κ2) is 5.20. The van der Waals surface area contributed by atoms with Crippen molar-refractivity contribution in [1.29, 1.82) is 0 Å². The summed E-state index contributed by atoms with van der Waals surface area (Å²) in [7, 11) is 0. The Balaban J connectivity index is 1.77. The smallest absolute Gasteiger partial charge is 0.263 e. The van der Waals surface area contributed by atoms with Crippen LogP contribution in [0.5, 0.6) is 0 Å². The molecule has 6 heteroatoms. The standard InChI is InChI=1S/C14H15N3O2S/c1-9-4-5-11-12(7-9)20-14(15-11)16-13(18)10-3-2-6-17(19)8-10/h2-3,6,8-9H,4-5,7H2,1H3,(H,15,16,18). The number of hydrogen-bond donors (Lipinski definition) is 1. The summed E-state index contributed by atoms with van der Waals surface area (Å²) in [6, 6.07) is 3.16. The Morgan fingerprint density at radius 1 is 1.60 bits per heavy atom. The van der Waals surface area contributed by atoms with Crippen LogP contribution in [-0.4, -0.2) is 10.9 Å². The zero-order valence-electron chi connectivity index (χ0n) is 11.1. The number of aromatic nitrogens is 2. The van der Waals surface area contributed by atoms with E-state index < -0.39 is 0 Å². The molecule has 1 atom stereocenters. The molecule has 5 nitrogen and oxygen atoms in total. The fourth-order valence-corrected chi connectivity index (χ4v) is 3.52. The third kappa shape index (κ3) is 2.65. The van der Waals surface area contributed by atoms with Gasteiger partial charge >= 0.3 is 0 Å². The van der Waals surface area contributed by atoms with Crippen molar-refractivity contribution in [3.63, 3.8) is 0 Å². The monoisotopic (exact) mass is 289 g/mol. The van der Waals surface area contributed by atoms with Crippen molar-refractivity contribution in [2.75, 3.05) is 5.32 Å². The van der Waals surface area contributed by atoms with Crippen LogP contribution in [0, 0.1) is 11.1 Å². The zero-order valence-corrected chi connectivity index (χ0v) is 11.9. The van der Waals surface area contributed by atoms with Gasteiger partial charge < -0.3 is 5.21 Å². The minimum absolute atomic E-state index is 0.297. The van der Waals surface area contributed by atoms with Gasteiger partial charge in [-0.2, -0.15) is 4.73 Å². The van der Waals surface area contributed by atoms with Gasteiger partial charge in [0.1, 0.15) is 5.56 Å². The Morgan fingerprint density at radius 3 is 3.25 bits per heavy atom. The summed E-state index contributed by atoms with van der Waals surface area (Å²) in [5.41, 5.74) is 1.44. The van der Waals surface area contributed by atoms with Gasteiger partial charge in [0.2, 0.25) is 0 Å². The maximum atomic E-state index is 12.0. The maximum Gasteiger partial charge on any atom is 0.263 e. The molecule has 0 spiro atoms. The van der Waals surface area contributed by atoms with E-state index in [2.05, 4.69) is 17.2 Å². The number of nitrogens with zero attached hydrogens (tertiary/aromatic N) is 2. The van der Waals surface area contributed by atoms with Crippen molar-refractivity contribution < 1.29 is 9.52 Å². The van der Waals surface area contributed by atoms with Gasteiger partial charge in [0.15, 0.2) is 17.5 Å². The lowest BCUT2D eigenvalue weighted by atomic mass is 9.93. The summed E-state index contributed by atoms with van der Waals surface area (Å²) in [5, 5.41) is 14.6. The summed E-state index contributed by atoms with van der Waals surface area (Å²) < 4.78 is 0.615. The van der Waals surface area contributed by atoms with Gasteiger partial charge in [0, 0.05) is 10.9 Å². The van der Waals surface area contributed by atoms with Gasteiger partial charge in [0.25, 0.3) is 5.91 Å². The second-order valence-electron chi connectivity index (χ2n) is 5.14. The Morgan fingerprint density at radius 2 is 2.45 bits per heavy atom. The number of nitrogens with one attached hydrogen (secondary N) is 1. The molecule has 104 valence electrons. The fraction of sp³-hybridized carbons (Fsp3) is 0.357. The maximum absolute atomic E-state index is 12.0. The van der Waals surface area contributed by atoms with E-state index in [0.717, 1.165) is 25.0 Å². The van der Waals surface area contributed by atoms with E-state index in [9.17, 15) is 10.0 Å². The molecule has 1 amide bonds. The first kappa shape index (κ1) is 13.1. The average molecular weight is 289 g/mol. The molecule has 2 heterocycles. The van der Waals surface area contributed by atoms with Gasteiger partial charge in [-0.15, -0.1) is 11.3 Å². The number of thiazole rings is 1. The molecular weight excluding hydrogens is 274 g/mol. The van der Waals surface area contributed by atoms with Crippen LogP contribution in [-0.2, 0) is 12.8 Å². The van der Waals surface area contributed by atoms with Crippen molar-refractivity contribution >= 4 is 22.4 Å². The van der Waals surface area contributed by atoms with Gasteiger partial charge in [-0.25, -0.2) is 4.98 Å². The number of anilines is 1. The van der Waals surface area contributed by atoms with Gasteiger partial charge in [-0.05, 0) is 31.2 Å². The van der Waals surface area contributed by atoms with E-state index in [4.69, 9.17) is 0 Å². The largest absolute Gasteiger partial charge is 0.619 e. The Bertz CT molecular complexity index is 654. The lowest BCUT2D eigenvalue weighted by Crippen LogP contribution is -2.27. The molecule has 0 bridgehead atoms. The Hall–Kier alpha value is -1.95. The first-order chi connectivity index (χ1) is 9.61. The highest BCUT2D eigenvalue weighted by Gasteiger charge is 2.21. The molecule has 0 aliphatic heterocycles. The van der Waals surface area contributed by atoms with Crippen LogP contribution in [0.1, 0.15) is 34.3 Å². The van der Waals surface area contributed by atoms with Crippen LogP contribution in [0.25, 0.3) is 0 Å². The van der Waals surface area contributed by atoms with Gasteiger partial charge in [-0.3, -0.25) is 10.1 Å². The minimum Gasteiger partial charge on any atom is -0.619 e. The predicted octanol–water partition coefficient (Wildman–Crippen LogP) is 2.15. The van der Waals surface area contributed by atoms with Gasteiger partial charge in [-0.1, -0.05) is 6.92 Å². The quantitative estimate of drug-likeness (QED) is 0.680. The molecule has 0 radical (unpaired) electrons. The SMILES string of the molecule is CC1CCc2nc(NC(=O)c3ccc[n+]([O-])c3)sc2C1. The summed E-state index contributed by atoms with van der Waals surface area (Å²) in [6.45, 7) is 2.23. The highest BCUT2D eigenvalue weighted by molar-refractivity contribution is 7.15. The number of hydrogen-bond acceptors (Lipinski definition) is 4. The van der Waals surface area contributed by atoms with Crippen molar-refractivity contribution in [2.24, 2.45) is 5.92 Å². The molecule has 0 saturated heterocycles. The Labute approximate surface area is 120 Å². The van der Waals surface area contributed by atoms with Crippen LogP contribution in [0.3, 0.4) is 0 Å². The molecule has 1 N–H and O–H groups in total. The highest BCUT2D eigenvalue weighted by Crippen LogP contribution is 2.32. The molecule has 0 fully saturated rings. The molecule has 0 saturated carbocycles. The summed E-state index contributed by atoms with van der Waals surface area (Å²) in [6.07, 6.45) is 5.77. The molecule has 3 rings (SSSR count). The number of pyridine rings is 1. The Kier molecular flexibility index (Phi) is 3.40. The molecule has 1 aliphatic rings. The van der Waals surface area contributed by atoms with Crippen LogP contribution in [0.2, 0.25) is 0 Å². The van der Waals surface area contributed by atoms with Crippen LogP contribution < -0.4 is 10.0 Å². The van der Waals surface area contributed by atoms with E-state index in [-0.39, 0.29) is 5.91 Å². The zero-order chi connectivity index (χ0) is 14.1. The fourth-order valence-electron chi connectivity index (χ4n) is 2.35. The highest BCUT2D eigenvalue weighted by atomic mass is 32.1. The topological polar surface area (TPSA) is 68.9 Å². The molecular formula is C14H15N3O2S. The number of carbonyl (C=O) groups is 1. The number of carbonyl (C=O) groups excluding carboxylic acids is 1. The first-order valence-electron chi connectivity index (χ1n) is 6.60. The molecule has 1 unspecified atom stereocenters. The average Bonchev–Trinajstić information content (AvgIpc) is 2.80. The molecule has 2 aromatic heterocycles. The van der Waals surface area contributed by atoms with E-state index in [1.54, 1.807) is 12.1 Å². The number of rotatable bonds is 2. The summed E-state index contributed by atoms with van der Waals surface area (Å²) >= 11 is 1.54. The van der Waals surface area contributed by atoms with Crippen LogP contribution >= 0.6 is 11.3 Å². The van der Waals surface area contributed by atoms with Crippen LogP contribution in [0.15, 0.2) is 24.5 Å². The van der Waals surface area contributed by atoms with Crippen molar-refractivity contribution in [3.05, 3.63) is 45.9 Å². The third-order valence-electron chi connectivity index (χ3n) is 3.44. The van der Waals surface area contributed by atoms with E-state index in [0.29, 0.717) is 21.3 Å². The number of fused-ring (bicyclic) bond motifs is 1. The van der Waals surface area contributed by atoms with Crippen LogP contribution in [0.4, 0.5) is 5.13 Å². The summed E-state index contributed by atoms with van der Waals surface area (Å²) in [5.74, 6) is 0.384. The van der Waals surface area contributed by atoms with E-state index in [1.165, 1.54) is 28.6 Å². The van der Waals surface area contributed by atoms with Crippen molar-refractivity contribution in [3.8, 4) is 0 Å². The lowest BCUT2D eigenvalue weighted by molar-refractivity contribution is -0.605. The van der Waals surface area contributed by atoms with Crippen molar-refractivity contribution in [2.45, 2.75) is 26.2 Å².